The van der Waals surface area contributed by atoms with Gasteiger partial charge in [-0.25, -0.2) is 0 Å². The lowest BCUT2D eigenvalue weighted by atomic mass is 10.5. The van der Waals surface area contributed by atoms with Crippen molar-refractivity contribution in [2.24, 2.45) is 0 Å². The molecule has 0 aromatic heterocycles. The molecule has 7 heavy (non-hydrogen) atoms. The van der Waals surface area contributed by atoms with E-state index in [2.05, 4.69) is 13.2 Å². The third-order valence-electron chi connectivity index (χ3n) is 0.651. The minimum Gasteiger partial charge on any atom is -0.289 e. The molecular formula is C5H9NO. The van der Waals surface area contributed by atoms with E-state index in [1.807, 2.05) is 0 Å². The number of likely N-dealkylation sites (N-methyl/N-ethyl adjacent to an activating group) is 1. The van der Waals surface area contributed by atoms with E-state index in [1.165, 1.54) is 13.1 Å². The summed E-state index contributed by atoms with van der Waals surface area (Å²) in [6.45, 7) is 6.81. The number of rotatable bonds is 2. The Labute approximate surface area is 43.3 Å². The SMILES string of the molecule is C=CC(=C)N(C)O. The standard InChI is InChI=1S/C5H9NO/c1-4-5(2)6(3)7/h4,7H,1-2H2,3H3. The van der Waals surface area contributed by atoms with E-state index in [-0.39, 0.29) is 0 Å². The second-order valence-electron chi connectivity index (χ2n) is 1.22. The first-order chi connectivity index (χ1) is 3.18. The molecule has 0 bridgehead atoms. The topological polar surface area (TPSA) is 23.5 Å². The second-order valence-corrected chi connectivity index (χ2v) is 1.22. The number of hydroxylamine groups is 2. The molecule has 0 aromatic carbocycles. The summed E-state index contributed by atoms with van der Waals surface area (Å²) in [6, 6.07) is 0. The molecule has 0 aliphatic heterocycles. The lowest BCUT2D eigenvalue weighted by molar-refractivity contribution is -0.0230. The first-order valence-corrected chi connectivity index (χ1v) is 1.92. The molecule has 0 aliphatic rings. The van der Waals surface area contributed by atoms with Crippen LogP contribution in [-0.4, -0.2) is 17.3 Å². The highest BCUT2D eigenvalue weighted by Gasteiger charge is 1.85. The van der Waals surface area contributed by atoms with Crippen LogP contribution in [0, 0.1) is 0 Å². The Kier molecular flexibility index (Phi) is 2.16. The van der Waals surface area contributed by atoms with E-state index < -0.39 is 0 Å². The molecule has 0 amide bonds. The molecule has 0 aromatic rings. The molecule has 0 radical (unpaired) electrons. The fourth-order valence-corrected chi connectivity index (χ4v) is 0.132. The van der Waals surface area contributed by atoms with Gasteiger partial charge in [0.1, 0.15) is 0 Å². The van der Waals surface area contributed by atoms with Crippen LogP contribution in [0.4, 0.5) is 0 Å². The van der Waals surface area contributed by atoms with Crippen LogP contribution in [0.3, 0.4) is 0 Å². The van der Waals surface area contributed by atoms with Crippen LogP contribution in [-0.2, 0) is 0 Å². The van der Waals surface area contributed by atoms with Crippen molar-refractivity contribution in [3.05, 3.63) is 24.9 Å². The summed E-state index contributed by atoms with van der Waals surface area (Å²) in [5, 5.41) is 9.39. The van der Waals surface area contributed by atoms with E-state index in [9.17, 15) is 0 Å². The Balaban J connectivity index is 3.56. The van der Waals surface area contributed by atoms with Crippen molar-refractivity contribution >= 4 is 0 Å². The van der Waals surface area contributed by atoms with Gasteiger partial charge in [-0.3, -0.25) is 10.3 Å². The summed E-state index contributed by atoms with van der Waals surface area (Å²) >= 11 is 0. The number of allylic oxidation sites excluding steroid dienone is 1. The molecule has 0 aliphatic carbocycles. The Morgan fingerprint density at radius 2 is 2.29 bits per heavy atom. The predicted molar refractivity (Wildman–Crippen MR) is 28.9 cm³/mol. The molecule has 2 nitrogen and oxygen atoms in total. The first-order valence-electron chi connectivity index (χ1n) is 1.92. The van der Waals surface area contributed by atoms with Gasteiger partial charge in [0.2, 0.25) is 0 Å². The molecular weight excluding hydrogens is 90.1 g/mol. The maximum absolute atomic E-state index is 8.48. The maximum atomic E-state index is 8.48. The van der Waals surface area contributed by atoms with E-state index in [4.69, 9.17) is 5.21 Å². The highest BCUT2D eigenvalue weighted by Crippen LogP contribution is 1.90. The van der Waals surface area contributed by atoms with Crippen LogP contribution in [0.25, 0.3) is 0 Å². The third-order valence-corrected chi connectivity index (χ3v) is 0.651. The lowest BCUT2D eigenvalue weighted by Crippen LogP contribution is -2.07. The van der Waals surface area contributed by atoms with Gasteiger partial charge in [-0.2, -0.15) is 0 Å². The largest absolute Gasteiger partial charge is 0.289 e. The van der Waals surface area contributed by atoms with Crippen molar-refractivity contribution in [2.45, 2.75) is 0 Å². The fourth-order valence-electron chi connectivity index (χ4n) is 0.132. The molecule has 0 atom stereocenters. The fraction of sp³-hybridized carbons (Fsp3) is 0.200. The molecule has 0 saturated heterocycles. The summed E-state index contributed by atoms with van der Waals surface area (Å²) in [5.74, 6) is 0. The van der Waals surface area contributed by atoms with Gasteiger partial charge in [0.05, 0.1) is 5.70 Å². The van der Waals surface area contributed by atoms with Crippen molar-refractivity contribution < 1.29 is 5.21 Å². The molecule has 0 fully saturated rings. The van der Waals surface area contributed by atoms with Crippen LogP contribution < -0.4 is 0 Å². The van der Waals surface area contributed by atoms with Crippen molar-refractivity contribution in [2.75, 3.05) is 7.05 Å². The summed E-state index contributed by atoms with van der Waals surface area (Å²) < 4.78 is 0. The minimum atomic E-state index is 0.500. The zero-order valence-electron chi connectivity index (χ0n) is 4.39. The Morgan fingerprint density at radius 3 is 2.29 bits per heavy atom. The van der Waals surface area contributed by atoms with Crippen molar-refractivity contribution in [1.82, 2.24) is 5.06 Å². The average molecular weight is 99.1 g/mol. The van der Waals surface area contributed by atoms with Crippen molar-refractivity contribution in [3.8, 4) is 0 Å². The van der Waals surface area contributed by atoms with Crippen LogP contribution >= 0.6 is 0 Å². The molecule has 1 N–H and O–H groups in total. The van der Waals surface area contributed by atoms with Gasteiger partial charge in [0, 0.05) is 7.05 Å². The average Bonchev–Trinajstić information content (AvgIpc) is 1.65. The Bertz CT molecular complexity index is 86.1. The zero-order valence-corrected chi connectivity index (χ0v) is 4.39. The van der Waals surface area contributed by atoms with E-state index in [0.29, 0.717) is 5.70 Å². The smallest absolute Gasteiger partial charge is 0.0553 e. The van der Waals surface area contributed by atoms with Crippen molar-refractivity contribution in [1.29, 1.82) is 0 Å². The molecule has 0 spiro atoms. The molecule has 40 valence electrons. The number of nitrogens with zero attached hydrogens (tertiary/aromatic N) is 1. The molecule has 0 saturated carbocycles. The monoisotopic (exact) mass is 99.1 g/mol. The number of hydrogen-bond acceptors (Lipinski definition) is 2. The van der Waals surface area contributed by atoms with Gasteiger partial charge in [-0.05, 0) is 6.08 Å². The van der Waals surface area contributed by atoms with Gasteiger partial charge < -0.3 is 0 Å². The summed E-state index contributed by atoms with van der Waals surface area (Å²) in [6.07, 6.45) is 1.47. The Hall–Kier alpha value is -0.760. The first kappa shape index (κ1) is 6.24. The van der Waals surface area contributed by atoms with Crippen LogP contribution in [0.15, 0.2) is 24.9 Å². The van der Waals surface area contributed by atoms with Crippen LogP contribution in [0.5, 0.6) is 0 Å². The quantitative estimate of drug-likeness (QED) is 0.412. The highest BCUT2D eigenvalue weighted by atomic mass is 16.5. The minimum absolute atomic E-state index is 0.500. The molecule has 0 heterocycles. The van der Waals surface area contributed by atoms with Gasteiger partial charge in [0.15, 0.2) is 0 Å². The van der Waals surface area contributed by atoms with Crippen molar-refractivity contribution in [3.63, 3.8) is 0 Å². The highest BCUT2D eigenvalue weighted by molar-refractivity contribution is 5.06. The normalized spacial score (nSPS) is 7.71. The Morgan fingerprint density at radius 1 is 1.86 bits per heavy atom. The van der Waals surface area contributed by atoms with E-state index >= 15 is 0 Å². The van der Waals surface area contributed by atoms with Gasteiger partial charge >= 0.3 is 0 Å². The summed E-state index contributed by atoms with van der Waals surface area (Å²) in [4.78, 5) is 0. The van der Waals surface area contributed by atoms with Gasteiger partial charge in [0.25, 0.3) is 0 Å². The van der Waals surface area contributed by atoms with E-state index in [0.717, 1.165) is 5.06 Å². The molecule has 2 heteroatoms. The summed E-state index contributed by atoms with van der Waals surface area (Å²) in [7, 11) is 1.49. The molecule has 0 rings (SSSR count). The predicted octanol–water partition coefficient (Wildman–Crippen LogP) is 1.01. The number of hydrogen-bond donors (Lipinski definition) is 1. The lowest BCUT2D eigenvalue weighted by Gasteiger charge is -2.07. The summed E-state index contributed by atoms with van der Waals surface area (Å²) in [5.41, 5.74) is 0.500. The van der Waals surface area contributed by atoms with Crippen LogP contribution in [0.2, 0.25) is 0 Å². The second kappa shape index (κ2) is 2.42. The van der Waals surface area contributed by atoms with Gasteiger partial charge in [-0.1, -0.05) is 13.2 Å². The third kappa shape index (κ3) is 2.00. The zero-order chi connectivity index (χ0) is 5.86. The van der Waals surface area contributed by atoms with E-state index in [1.54, 1.807) is 0 Å². The molecule has 0 unspecified atom stereocenters. The van der Waals surface area contributed by atoms with Crippen LogP contribution in [0.1, 0.15) is 0 Å². The van der Waals surface area contributed by atoms with Gasteiger partial charge in [-0.15, -0.1) is 0 Å². The maximum Gasteiger partial charge on any atom is 0.0553 e.